The van der Waals surface area contributed by atoms with Gasteiger partial charge in [-0.25, -0.2) is 4.98 Å². The van der Waals surface area contributed by atoms with E-state index in [-0.39, 0.29) is 11.9 Å². The monoisotopic (exact) mass is 274 g/mol. The minimum atomic E-state index is 0.108. The van der Waals surface area contributed by atoms with Gasteiger partial charge in [0.1, 0.15) is 5.82 Å². The summed E-state index contributed by atoms with van der Waals surface area (Å²) in [7, 11) is 0. The Bertz CT molecular complexity index is 485. The van der Waals surface area contributed by atoms with E-state index >= 15 is 0 Å². The van der Waals surface area contributed by atoms with E-state index in [1.807, 2.05) is 17.3 Å². The normalized spacial score (nSPS) is 23.1. The van der Waals surface area contributed by atoms with Gasteiger partial charge in [0.05, 0.1) is 24.1 Å². The first-order valence-electron chi connectivity index (χ1n) is 7.60. The molecule has 0 aliphatic carbocycles. The maximum absolute atomic E-state index is 11.8. The average molecular weight is 274 g/mol. The molecule has 5 heteroatoms. The molecule has 5 nitrogen and oxygen atoms in total. The molecule has 108 valence electrons. The smallest absolute Gasteiger partial charge is 0.220 e. The van der Waals surface area contributed by atoms with Gasteiger partial charge in [-0.2, -0.15) is 0 Å². The van der Waals surface area contributed by atoms with Crippen LogP contribution < -0.4 is 4.90 Å². The van der Waals surface area contributed by atoms with E-state index in [0.29, 0.717) is 0 Å². The SMILES string of the molecule is CC(=O)N1CCCC[C@@H]1c1cncc(N2CCCC2)n1. The first-order valence-corrected chi connectivity index (χ1v) is 7.60. The van der Waals surface area contributed by atoms with Gasteiger partial charge in [0, 0.05) is 26.6 Å². The van der Waals surface area contributed by atoms with Crippen LogP contribution in [0.5, 0.6) is 0 Å². The van der Waals surface area contributed by atoms with Crippen LogP contribution in [0.4, 0.5) is 5.82 Å². The van der Waals surface area contributed by atoms with Crippen molar-refractivity contribution in [3.8, 4) is 0 Å². The largest absolute Gasteiger partial charge is 0.355 e. The van der Waals surface area contributed by atoms with Crippen molar-refractivity contribution >= 4 is 11.7 Å². The van der Waals surface area contributed by atoms with Gasteiger partial charge in [0.25, 0.3) is 0 Å². The zero-order valence-corrected chi connectivity index (χ0v) is 12.1. The van der Waals surface area contributed by atoms with Crippen molar-refractivity contribution < 1.29 is 4.79 Å². The highest BCUT2D eigenvalue weighted by Crippen LogP contribution is 2.30. The van der Waals surface area contributed by atoms with E-state index in [4.69, 9.17) is 4.98 Å². The standard InChI is InChI=1S/C15H22N4O/c1-12(20)19-9-3-2-6-14(19)13-10-16-11-15(17-13)18-7-4-5-8-18/h10-11,14H,2-9H2,1H3/t14-/m1/s1. The van der Waals surface area contributed by atoms with E-state index in [2.05, 4.69) is 9.88 Å². The highest BCUT2D eigenvalue weighted by Gasteiger charge is 2.27. The lowest BCUT2D eigenvalue weighted by Gasteiger charge is -2.34. The second kappa shape index (κ2) is 5.77. The molecule has 2 aliphatic heterocycles. The molecule has 3 heterocycles. The Morgan fingerprint density at radius 2 is 1.90 bits per heavy atom. The van der Waals surface area contributed by atoms with Gasteiger partial charge < -0.3 is 9.80 Å². The molecular formula is C15H22N4O. The molecule has 0 spiro atoms. The second-order valence-electron chi connectivity index (χ2n) is 5.72. The van der Waals surface area contributed by atoms with Gasteiger partial charge in [0.15, 0.2) is 0 Å². The molecule has 0 aromatic carbocycles. The summed E-state index contributed by atoms with van der Waals surface area (Å²) in [5, 5.41) is 0. The van der Waals surface area contributed by atoms with Crippen LogP contribution in [-0.4, -0.2) is 40.4 Å². The van der Waals surface area contributed by atoms with Crippen LogP contribution in [0.15, 0.2) is 12.4 Å². The van der Waals surface area contributed by atoms with Crippen LogP contribution in [0.1, 0.15) is 50.8 Å². The van der Waals surface area contributed by atoms with E-state index in [9.17, 15) is 4.79 Å². The predicted molar refractivity (Wildman–Crippen MR) is 77.5 cm³/mol. The number of aromatic nitrogens is 2. The van der Waals surface area contributed by atoms with Crippen molar-refractivity contribution in [3.05, 3.63) is 18.1 Å². The van der Waals surface area contributed by atoms with E-state index in [1.54, 1.807) is 6.92 Å². The number of nitrogens with zero attached hydrogens (tertiary/aromatic N) is 4. The Kier molecular flexibility index (Phi) is 3.85. The molecule has 1 aromatic rings. The van der Waals surface area contributed by atoms with Crippen LogP contribution in [0.25, 0.3) is 0 Å². The van der Waals surface area contributed by atoms with Crippen molar-refractivity contribution in [2.24, 2.45) is 0 Å². The zero-order valence-electron chi connectivity index (χ0n) is 12.1. The first-order chi connectivity index (χ1) is 9.75. The van der Waals surface area contributed by atoms with Crippen LogP contribution in [-0.2, 0) is 4.79 Å². The molecule has 2 saturated heterocycles. The Morgan fingerprint density at radius 1 is 1.15 bits per heavy atom. The molecule has 3 rings (SSSR count). The Hall–Kier alpha value is -1.65. The van der Waals surface area contributed by atoms with Gasteiger partial charge in [-0.1, -0.05) is 0 Å². The second-order valence-corrected chi connectivity index (χ2v) is 5.72. The average Bonchev–Trinajstić information content (AvgIpc) is 3.01. The number of carbonyl (C=O) groups excluding carboxylic acids is 1. The number of hydrogen-bond acceptors (Lipinski definition) is 4. The summed E-state index contributed by atoms with van der Waals surface area (Å²) in [6, 6.07) is 0.108. The number of hydrogen-bond donors (Lipinski definition) is 0. The molecule has 0 unspecified atom stereocenters. The van der Waals surface area contributed by atoms with Gasteiger partial charge >= 0.3 is 0 Å². The number of rotatable bonds is 2. The molecule has 1 amide bonds. The van der Waals surface area contributed by atoms with Gasteiger partial charge in [-0.05, 0) is 32.1 Å². The summed E-state index contributed by atoms with van der Waals surface area (Å²) >= 11 is 0. The van der Waals surface area contributed by atoms with Gasteiger partial charge in [-0.15, -0.1) is 0 Å². The van der Waals surface area contributed by atoms with Crippen LogP contribution in [0, 0.1) is 0 Å². The van der Waals surface area contributed by atoms with Crippen molar-refractivity contribution in [2.75, 3.05) is 24.5 Å². The number of carbonyl (C=O) groups is 1. The summed E-state index contributed by atoms with van der Waals surface area (Å²) in [5.41, 5.74) is 0.948. The molecular weight excluding hydrogens is 252 g/mol. The topological polar surface area (TPSA) is 49.3 Å². The Labute approximate surface area is 120 Å². The molecule has 0 saturated carbocycles. The number of piperidine rings is 1. The van der Waals surface area contributed by atoms with Gasteiger partial charge in [-0.3, -0.25) is 9.78 Å². The molecule has 2 aliphatic rings. The third-order valence-electron chi connectivity index (χ3n) is 4.32. The molecule has 20 heavy (non-hydrogen) atoms. The van der Waals surface area contributed by atoms with Gasteiger partial charge in [0.2, 0.25) is 5.91 Å². The van der Waals surface area contributed by atoms with Crippen LogP contribution >= 0.6 is 0 Å². The van der Waals surface area contributed by atoms with Crippen LogP contribution in [0.2, 0.25) is 0 Å². The Balaban J connectivity index is 1.84. The predicted octanol–water partition coefficient (Wildman–Crippen LogP) is 2.15. The first kappa shape index (κ1) is 13.3. The van der Waals surface area contributed by atoms with E-state index in [1.165, 1.54) is 12.8 Å². The Morgan fingerprint density at radius 3 is 2.65 bits per heavy atom. The molecule has 1 aromatic heterocycles. The van der Waals surface area contributed by atoms with E-state index < -0.39 is 0 Å². The number of likely N-dealkylation sites (tertiary alicyclic amines) is 1. The van der Waals surface area contributed by atoms with E-state index in [0.717, 1.165) is 50.4 Å². The summed E-state index contributed by atoms with van der Waals surface area (Å²) in [6.07, 6.45) is 9.38. The van der Waals surface area contributed by atoms with Crippen molar-refractivity contribution in [2.45, 2.75) is 45.1 Å². The highest BCUT2D eigenvalue weighted by atomic mass is 16.2. The summed E-state index contributed by atoms with van der Waals surface area (Å²) in [5.74, 6) is 1.11. The number of anilines is 1. The van der Waals surface area contributed by atoms with Crippen molar-refractivity contribution in [1.29, 1.82) is 0 Å². The minimum Gasteiger partial charge on any atom is -0.355 e. The quantitative estimate of drug-likeness (QED) is 0.829. The highest BCUT2D eigenvalue weighted by molar-refractivity contribution is 5.73. The fourth-order valence-corrected chi connectivity index (χ4v) is 3.25. The third-order valence-corrected chi connectivity index (χ3v) is 4.32. The summed E-state index contributed by atoms with van der Waals surface area (Å²) in [4.78, 5) is 25.2. The summed E-state index contributed by atoms with van der Waals surface area (Å²) < 4.78 is 0. The lowest BCUT2D eigenvalue weighted by atomic mass is 9.99. The maximum atomic E-state index is 11.8. The fourth-order valence-electron chi connectivity index (χ4n) is 3.25. The fraction of sp³-hybridized carbons (Fsp3) is 0.667. The lowest BCUT2D eigenvalue weighted by Crippen LogP contribution is -2.37. The maximum Gasteiger partial charge on any atom is 0.220 e. The van der Waals surface area contributed by atoms with Crippen LogP contribution in [0.3, 0.4) is 0 Å². The third kappa shape index (κ3) is 2.62. The van der Waals surface area contributed by atoms with Crippen molar-refractivity contribution in [1.82, 2.24) is 14.9 Å². The number of amides is 1. The molecule has 2 fully saturated rings. The lowest BCUT2D eigenvalue weighted by molar-refractivity contribution is -0.132. The van der Waals surface area contributed by atoms with Crippen molar-refractivity contribution in [3.63, 3.8) is 0 Å². The molecule has 0 radical (unpaired) electrons. The zero-order chi connectivity index (χ0) is 13.9. The minimum absolute atomic E-state index is 0.108. The summed E-state index contributed by atoms with van der Waals surface area (Å²) in [6.45, 7) is 4.63. The molecule has 1 atom stereocenters. The molecule has 0 N–H and O–H groups in total. The molecule has 0 bridgehead atoms.